The van der Waals surface area contributed by atoms with Gasteiger partial charge in [0, 0.05) is 34.7 Å². The van der Waals surface area contributed by atoms with E-state index in [1.54, 1.807) is 16.7 Å². The van der Waals surface area contributed by atoms with Crippen LogP contribution >= 0.6 is 22.9 Å². The molecule has 150 valence electrons. The van der Waals surface area contributed by atoms with E-state index in [0.29, 0.717) is 9.98 Å². The molecule has 0 aliphatic heterocycles. The fraction of sp³-hybridized carbons (Fsp3) is 0.0476. The second-order valence-corrected chi connectivity index (χ2v) is 7.60. The first-order valence-electron chi connectivity index (χ1n) is 8.95. The van der Waals surface area contributed by atoms with Gasteiger partial charge in [0.25, 0.3) is 11.9 Å². The van der Waals surface area contributed by atoms with Crippen LogP contribution in [0.5, 0.6) is 0 Å². The molecule has 0 atom stereocenters. The number of benzene rings is 2. The van der Waals surface area contributed by atoms with Crippen LogP contribution < -0.4 is 10.6 Å². The molecular formula is C21H16ClN5O2S. The molecule has 0 saturated carbocycles. The normalized spacial score (nSPS) is 11.1. The predicted molar refractivity (Wildman–Crippen MR) is 120 cm³/mol. The van der Waals surface area contributed by atoms with Gasteiger partial charge >= 0.3 is 0 Å². The summed E-state index contributed by atoms with van der Waals surface area (Å²) in [5, 5.41) is 12.3. The number of nitrogens with one attached hydrogen (secondary N) is 2. The maximum Gasteiger partial charge on any atom is 0.250 e. The molecule has 4 rings (SSSR count). The van der Waals surface area contributed by atoms with Gasteiger partial charge in [-0.25, -0.2) is 4.52 Å². The predicted octanol–water partition coefficient (Wildman–Crippen LogP) is 4.72. The fourth-order valence-electron chi connectivity index (χ4n) is 2.79. The summed E-state index contributed by atoms with van der Waals surface area (Å²) in [4.78, 5) is 28.4. The summed E-state index contributed by atoms with van der Waals surface area (Å²) in [6.45, 7) is 1.46. The zero-order chi connectivity index (χ0) is 21.1. The Bertz CT molecular complexity index is 1260. The molecule has 0 saturated heterocycles. The van der Waals surface area contributed by atoms with Crippen molar-refractivity contribution in [3.8, 4) is 11.3 Å². The summed E-state index contributed by atoms with van der Waals surface area (Å²) < 4.78 is 1.67. The van der Waals surface area contributed by atoms with Crippen LogP contribution in [0.1, 0.15) is 12.5 Å². The first-order chi connectivity index (χ1) is 14.5. The Morgan fingerprint density at radius 2 is 1.87 bits per heavy atom. The van der Waals surface area contributed by atoms with Crippen LogP contribution in [0.15, 0.2) is 60.0 Å². The molecule has 7 nitrogen and oxygen atoms in total. The topological polar surface area (TPSA) is 88.4 Å². The third-order valence-electron chi connectivity index (χ3n) is 4.14. The standard InChI is InChI=1S/C21H16ClN5O2S/c1-13(28)23-16-9-6-15(7-10-16)18-12-30-21-25-20(26-27(18)21)24-19(29)11-8-14-4-2-3-5-17(14)22/h2-12H,1H3,(H,23,28)(H,24,26,29)/b11-8+. The number of carbonyl (C=O) groups excluding carboxylic acids is 2. The third-order valence-corrected chi connectivity index (χ3v) is 5.30. The minimum Gasteiger partial charge on any atom is -0.326 e. The number of hydrogen-bond acceptors (Lipinski definition) is 5. The first-order valence-corrected chi connectivity index (χ1v) is 10.2. The molecule has 30 heavy (non-hydrogen) atoms. The SMILES string of the molecule is CC(=O)Nc1ccc(-c2csc3nc(NC(=O)/C=C/c4ccccc4Cl)nn23)cc1. The second-order valence-electron chi connectivity index (χ2n) is 6.35. The fourth-order valence-corrected chi connectivity index (χ4v) is 3.82. The van der Waals surface area contributed by atoms with Crippen molar-refractivity contribution in [2.24, 2.45) is 0 Å². The van der Waals surface area contributed by atoms with E-state index in [0.717, 1.165) is 22.5 Å². The zero-order valence-corrected chi connectivity index (χ0v) is 17.4. The summed E-state index contributed by atoms with van der Waals surface area (Å²) >= 11 is 7.50. The molecule has 0 radical (unpaired) electrons. The smallest absolute Gasteiger partial charge is 0.250 e. The molecule has 2 aromatic heterocycles. The maximum absolute atomic E-state index is 12.2. The third kappa shape index (κ3) is 4.40. The van der Waals surface area contributed by atoms with Gasteiger partial charge in [0.2, 0.25) is 10.9 Å². The summed E-state index contributed by atoms with van der Waals surface area (Å²) in [5.41, 5.74) is 3.22. The number of hydrogen-bond donors (Lipinski definition) is 2. The van der Waals surface area contributed by atoms with E-state index in [1.165, 1.54) is 24.3 Å². The molecule has 9 heteroatoms. The van der Waals surface area contributed by atoms with Gasteiger partial charge < -0.3 is 5.32 Å². The van der Waals surface area contributed by atoms with Crippen LogP contribution in [0.2, 0.25) is 5.02 Å². The Labute approximate surface area is 181 Å². The molecular weight excluding hydrogens is 422 g/mol. The zero-order valence-electron chi connectivity index (χ0n) is 15.8. The molecule has 0 aliphatic rings. The number of thiazole rings is 1. The number of aromatic nitrogens is 3. The molecule has 0 fully saturated rings. The molecule has 0 unspecified atom stereocenters. The van der Waals surface area contributed by atoms with Crippen molar-refractivity contribution in [1.29, 1.82) is 0 Å². The number of carbonyl (C=O) groups is 2. The average Bonchev–Trinajstić information content (AvgIpc) is 3.28. The summed E-state index contributed by atoms with van der Waals surface area (Å²) in [5.74, 6) is -0.262. The summed E-state index contributed by atoms with van der Waals surface area (Å²) in [6, 6.07) is 14.7. The summed E-state index contributed by atoms with van der Waals surface area (Å²) in [7, 11) is 0. The van der Waals surface area contributed by atoms with Crippen molar-refractivity contribution < 1.29 is 9.59 Å². The van der Waals surface area contributed by atoms with E-state index in [1.807, 2.05) is 47.8 Å². The van der Waals surface area contributed by atoms with Crippen molar-refractivity contribution >= 4 is 57.4 Å². The highest BCUT2D eigenvalue weighted by molar-refractivity contribution is 7.15. The van der Waals surface area contributed by atoms with Crippen molar-refractivity contribution in [2.45, 2.75) is 6.92 Å². The van der Waals surface area contributed by atoms with Crippen LogP contribution in [0.3, 0.4) is 0 Å². The Balaban J connectivity index is 1.51. The van der Waals surface area contributed by atoms with E-state index < -0.39 is 0 Å². The lowest BCUT2D eigenvalue weighted by Crippen LogP contribution is -2.09. The Kier molecular flexibility index (Phi) is 5.60. The quantitative estimate of drug-likeness (QED) is 0.442. The van der Waals surface area contributed by atoms with E-state index in [-0.39, 0.29) is 17.8 Å². The second kappa shape index (κ2) is 8.48. The number of anilines is 2. The van der Waals surface area contributed by atoms with Gasteiger partial charge in [0.05, 0.1) is 5.69 Å². The first kappa shape index (κ1) is 19.8. The molecule has 2 N–H and O–H groups in total. The maximum atomic E-state index is 12.2. The highest BCUT2D eigenvalue weighted by Crippen LogP contribution is 2.27. The highest BCUT2D eigenvalue weighted by atomic mass is 35.5. The lowest BCUT2D eigenvalue weighted by Gasteiger charge is -2.03. The van der Waals surface area contributed by atoms with Crippen LogP contribution in [-0.2, 0) is 9.59 Å². The molecule has 2 heterocycles. The van der Waals surface area contributed by atoms with Gasteiger partial charge in [-0.2, -0.15) is 4.98 Å². The van der Waals surface area contributed by atoms with Crippen molar-refractivity contribution in [3.05, 3.63) is 70.6 Å². The Hall–Kier alpha value is -3.49. The Morgan fingerprint density at radius 1 is 1.10 bits per heavy atom. The number of fused-ring (bicyclic) bond motifs is 1. The van der Waals surface area contributed by atoms with Crippen molar-refractivity contribution in [2.75, 3.05) is 10.6 Å². The van der Waals surface area contributed by atoms with Crippen LogP contribution in [0.4, 0.5) is 11.6 Å². The van der Waals surface area contributed by atoms with Gasteiger partial charge in [-0.05, 0) is 29.8 Å². The molecule has 2 aromatic carbocycles. The van der Waals surface area contributed by atoms with E-state index in [9.17, 15) is 9.59 Å². The van der Waals surface area contributed by atoms with Crippen molar-refractivity contribution in [3.63, 3.8) is 0 Å². The van der Waals surface area contributed by atoms with Crippen LogP contribution in [0.25, 0.3) is 22.3 Å². The molecule has 2 amide bonds. The highest BCUT2D eigenvalue weighted by Gasteiger charge is 2.13. The van der Waals surface area contributed by atoms with Gasteiger partial charge in [-0.15, -0.1) is 16.4 Å². The monoisotopic (exact) mass is 437 g/mol. The lowest BCUT2D eigenvalue weighted by molar-refractivity contribution is -0.114. The largest absolute Gasteiger partial charge is 0.326 e. The van der Waals surface area contributed by atoms with Gasteiger partial charge in [-0.1, -0.05) is 41.9 Å². The van der Waals surface area contributed by atoms with Gasteiger partial charge in [0.1, 0.15) is 0 Å². The molecule has 0 aliphatic carbocycles. The van der Waals surface area contributed by atoms with E-state index in [2.05, 4.69) is 20.7 Å². The number of halogens is 1. The number of nitrogens with zero attached hydrogens (tertiary/aromatic N) is 3. The van der Waals surface area contributed by atoms with Gasteiger partial charge in [0.15, 0.2) is 0 Å². The van der Waals surface area contributed by atoms with E-state index >= 15 is 0 Å². The number of amides is 2. The number of rotatable bonds is 5. The van der Waals surface area contributed by atoms with Crippen LogP contribution in [-0.4, -0.2) is 26.4 Å². The molecule has 0 spiro atoms. The van der Waals surface area contributed by atoms with Crippen molar-refractivity contribution in [1.82, 2.24) is 14.6 Å². The molecule has 4 aromatic rings. The minimum atomic E-state index is -0.352. The molecule has 0 bridgehead atoms. The average molecular weight is 438 g/mol. The van der Waals surface area contributed by atoms with Gasteiger partial charge in [-0.3, -0.25) is 14.9 Å². The Morgan fingerprint density at radius 3 is 2.60 bits per heavy atom. The minimum absolute atomic E-state index is 0.124. The lowest BCUT2D eigenvalue weighted by atomic mass is 10.1. The van der Waals surface area contributed by atoms with Crippen LogP contribution in [0, 0.1) is 0 Å². The summed E-state index contributed by atoms with van der Waals surface area (Å²) in [6.07, 6.45) is 3.02. The van der Waals surface area contributed by atoms with E-state index in [4.69, 9.17) is 11.6 Å².